The number of rotatable bonds is 4. The van der Waals surface area contributed by atoms with Crippen LogP contribution in [0, 0.1) is 13.8 Å². The molecule has 6 nitrogen and oxygen atoms in total. The van der Waals surface area contributed by atoms with Gasteiger partial charge in [0.05, 0.1) is 24.5 Å². The summed E-state index contributed by atoms with van der Waals surface area (Å²) in [5, 5.41) is 11.5. The van der Waals surface area contributed by atoms with Gasteiger partial charge >= 0.3 is 0 Å². The van der Waals surface area contributed by atoms with Crippen LogP contribution in [0.3, 0.4) is 0 Å². The molecule has 1 atom stereocenters. The second-order valence-corrected chi connectivity index (χ2v) is 9.70. The van der Waals surface area contributed by atoms with Gasteiger partial charge < -0.3 is 14.3 Å². The number of aryl methyl sites for hydroxylation is 2. The minimum Gasteiger partial charge on any atom is -0.507 e. The maximum Gasteiger partial charge on any atom is 0.300 e. The fourth-order valence-electron chi connectivity index (χ4n) is 4.41. The summed E-state index contributed by atoms with van der Waals surface area (Å²) in [4.78, 5) is 28.1. The van der Waals surface area contributed by atoms with Crippen LogP contribution in [-0.2, 0) is 15.0 Å². The van der Waals surface area contributed by atoms with E-state index in [1.807, 2.05) is 38.1 Å². The number of benzene rings is 2. The predicted octanol–water partition coefficient (Wildman–Crippen LogP) is 5.83. The van der Waals surface area contributed by atoms with Crippen LogP contribution in [0.25, 0.3) is 5.76 Å². The summed E-state index contributed by atoms with van der Waals surface area (Å²) in [6.45, 7) is 10.0. The standard InChI is InChI=1S/C28H29NO5/c1-16-12-17(2)14-19(13-16)29-24(22-8-7-11-34-22)23(26(31)27(29)32)25(30)20-15-18(28(3,4)5)9-10-21(20)33-6/h7-15,24,30H,1-6H3/b25-23+. The smallest absolute Gasteiger partial charge is 0.300 e. The van der Waals surface area contributed by atoms with Crippen LogP contribution in [0.15, 0.2) is 64.8 Å². The Hall–Kier alpha value is -3.80. The number of amides is 1. The van der Waals surface area contributed by atoms with Gasteiger partial charge in [0.1, 0.15) is 23.3 Å². The molecule has 0 spiro atoms. The van der Waals surface area contributed by atoms with Gasteiger partial charge in [0, 0.05) is 5.69 Å². The average Bonchev–Trinajstić information content (AvgIpc) is 3.38. The highest BCUT2D eigenvalue weighted by Gasteiger charge is 2.48. The molecule has 1 N–H and O–H groups in total. The molecular weight excluding hydrogens is 430 g/mol. The van der Waals surface area contributed by atoms with Crippen molar-refractivity contribution in [3.63, 3.8) is 0 Å². The van der Waals surface area contributed by atoms with Gasteiger partial charge in [-0.3, -0.25) is 14.5 Å². The highest BCUT2D eigenvalue weighted by molar-refractivity contribution is 6.51. The third kappa shape index (κ3) is 4.00. The van der Waals surface area contributed by atoms with Gasteiger partial charge in [-0.1, -0.05) is 32.9 Å². The first-order valence-electron chi connectivity index (χ1n) is 11.1. The minimum atomic E-state index is -0.917. The number of methoxy groups -OCH3 is 1. The molecule has 0 saturated carbocycles. The zero-order valence-electron chi connectivity index (χ0n) is 20.3. The number of furan rings is 1. The minimum absolute atomic E-state index is 0.0385. The van der Waals surface area contributed by atoms with Gasteiger partial charge in [0.15, 0.2) is 0 Å². The van der Waals surface area contributed by atoms with Crippen molar-refractivity contribution in [1.29, 1.82) is 0 Å². The van der Waals surface area contributed by atoms with E-state index >= 15 is 0 Å². The number of ether oxygens (including phenoxy) is 1. The lowest BCUT2D eigenvalue weighted by Crippen LogP contribution is -2.29. The maximum atomic E-state index is 13.4. The van der Waals surface area contributed by atoms with Crippen molar-refractivity contribution in [2.75, 3.05) is 12.0 Å². The maximum absolute atomic E-state index is 13.4. The molecule has 1 aliphatic heterocycles. The Morgan fingerprint density at radius 3 is 2.26 bits per heavy atom. The molecule has 0 radical (unpaired) electrons. The SMILES string of the molecule is COc1ccc(C(C)(C)C)cc1/C(O)=C1\C(=O)C(=O)N(c2cc(C)cc(C)c2)C1c1ccco1. The van der Waals surface area contributed by atoms with Crippen molar-refractivity contribution < 1.29 is 23.8 Å². The summed E-state index contributed by atoms with van der Waals surface area (Å²) in [5.41, 5.74) is 3.54. The van der Waals surface area contributed by atoms with Crippen LogP contribution < -0.4 is 9.64 Å². The van der Waals surface area contributed by atoms with Crippen molar-refractivity contribution in [2.45, 2.75) is 46.1 Å². The van der Waals surface area contributed by atoms with Crippen molar-refractivity contribution in [1.82, 2.24) is 0 Å². The molecule has 3 aromatic rings. The molecule has 1 amide bonds. The number of ketones is 1. The summed E-state index contributed by atoms with van der Waals surface area (Å²) in [6, 6.07) is 13.6. The molecule has 0 aliphatic carbocycles. The molecule has 176 valence electrons. The normalized spacial score (nSPS) is 17.9. The number of nitrogens with zero attached hydrogens (tertiary/aromatic N) is 1. The molecule has 1 saturated heterocycles. The number of hydrogen-bond donors (Lipinski definition) is 1. The zero-order chi connectivity index (χ0) is 24.8. The Labute approximate surface area is 199 Å². The van der Waals surface area contributed by atoms with Gasteiger partial charge in [-0.2, -0.15) is 0 Å². The number of aliphatic hydroxyl groups is 1. The summed E-state index contributed by atoms with van der Waals surface area (Å²) < 4.78 is 11.2. The molecule has 1 fully saturated rings. The van der Waals surface area contributed by atoms with Crippen molar-refractivity contribution in [2.24, 2.45) is 0 Å². The van der Waals surface area contributed by atoms with Crippen LogP contribution in [0.5, 0.6) is 5.75 Å². The zero-order valence-corrected chi connectivity index (χ0v) is 20.3. The lowest BCUT2D eigenvalue weighted by molar-refractivity contribution is -0.132. The Morgan fingerprint density at radius 1 is 1.03 bits per heavy atom. The average molecular weight is 460 g/mol. The molecule has 1 aromatic heterocycles. The Balaban J connectivity index is 1.98. The van der Waals surface area contributed by atoms with Crippen LogP contribution in [0.1, 0.15) is 54.8 Å². The van der Waals surface area contributed by atoms with Crippen LogP contribution in [0.2, 0.25) is 0 Å². The van der Waals surface area contributed by atoms with Gasteiger partial charge in [0.2, 0.25) is 0 Å². The lowest BCUT2D eigenvalue weighted by atomic mass is 9.85. The molecule has 2 aromatic carbocycles. The summed E-state index contributed by atoms with van der Waals surface area (Å²) in [7, 11) is 1.50. The quantitative estimate of drug-likeness (QED) is 0.302. The first kappa shape index (κ1) is 23.4. The molecule has 2 heterocycles. The number of Topliss-reactive ketones (excluding diaryl/α,β-unsaturated/α-hetero) is 1. The van der Waals surface area contributed by atoms with Gasteiger partial charge in [0.25, 0.3) is 11.7 Å². The third-order valence-electron chi connectivity index (χ3n) is 6.06. The topological polar surface area (TPSA) is 80.0 Å². The van der Waals surface area contributed by atoms with Crippen molar-refractivity contribution >= 4 is 23.1 Å². The molecule has 4 rings (SSSR count). The Morgan fingerprint density at radius 2 is 1.71 bits per heavy atom. The largest absolute Gasteiger partial charge is 0.507 e. The lowest BCUT2D eigenvalue weighted by Gasteiger charge is -2.25. The van der Waals surface area contributed by atoms with E-state index in [2.05, 4.69) is 20.8 Å². The molecule has 0 bridgehead atoms. The van der Waals surface area contributed by atoms with Crippen molar-refractivity contribution in [3.05, 3.63) is 88.4 Å². The highest BCUT2D eigenvalue weighted by Crippen LogP contribution is 2.44. The monoisotopic (exact) mass is 459 g/mol. The van der Waals surface area contributed by atoms with E-state index in [1.54, 1.807) is 24.3 Å². The van der Waals surface area contributed by atoms with Crippen LogP contribution >= 0.6 is 0 Å². The third-order valence-corrected chi connectivity index (χ3v) is 6.06. The van der Waals surface area contributed by atoms with E-state index < -0.39 is 17.7 Å². The van der Waals surface area contributed by atoms with Gasteiger partial charge in [-0.15, -0.1) is 0 Å². The second-order valence-electron chi connectivity index (χ2n) is 9.70. The van der Waals surface area contributed by atoms with E-state index in [4.69, 9.17) is 9.15 Å². The van der Waals surface area contributed by atoms with Crippen LogP contribution in [0.4, 0.5) is 5.69 Å². The number of aliphatic hydroxyl groups excluding tert-OH is 1. The summed E-state index contributed by atoms with van der Waals surface area (Å²) >= 11 is 0. The van der Waals surface area contributed by atoms with E-state index in [9.17, 15) is 14.7 Å². The van der Waals surface area contributed by atoms with E-state index in [0.717, 1.165) is 16.7 Å². The highest BCUT2D eigenvalue weighted by atomic mass is 16.5. The Kier molecular flexibility index (Phi) is 5.86. The molecule has 1 aliphatic rings. The predicted molar refractivity (Wildman–Crippen MR) is 131 cm³/mol. The van der Waals surface area contributed by atoms with Crippen molar-refractivity contribution in [3.8, 4) is 5.75 Å². The molecule has 1 unspecified atom stereocenters. The first-order valence-corrected chi connectivity index (χ1v) is 11.1. The van der Waals surface area contributed by atoms with E-state index in [1.165, 1.54) is 18.3 Å². The fraction of sp³-hybridized carbons (Fsp3) is 0.286. The number of carbonyl (C=O) groups excluding carboxylic acids is 2. The van der Waals surface area contributed by atoms with Crippen LogP contribution in [-0.4, -0.2) is 23.9 Å². The van der Waals surface area contributed by atoms with E-state index in [0.29, 0.717) is 22.8 Å². The van der Waals surface area contributed by atoms with Gasteiger partial charge in [-0.25, -0.2) is 0 Å². The molecule has 34 heavy (non-hydrogen) atoms. The number of hydrogen-bond acceptors (Lipinski definition) is 5. The molecule has 6 heteroatoms. The number of anilines is 1. The second kappa shape index (κ2) is 8.52. The first-order chi connectivity index (χ1) is 16.0. The fourth-order valence-corrected chi connectivity index (χ4v) is 4.41. The number of carbonyl (C=O) groups is 2. The summed E-state index contributed by atoms with van der Waals surface area (Å²) in [6.07, 6.45) is 1.48. The van der Waals surface area contributed by atoms with Gasteiger partial charge in [-0.05, 0) is 72.4 Å². The molecular formula is C28H29NO5. The summed E-state index contributed by atoms with van der Waals surface area (Å²) in [5.74, 6) is -1.01. The Bertz CT molecular complexity index is 1270. The van der Waals surface area contributed by atoms with E-state index in [-0.39, 0.29) is 16.7 Å².